The van der Waals surface area contributed by atoms with E-state index in [1.807, 2.05) is 0 Å². The molecule has 1 rings (SSSR count). The predicted octanol–water partition coefficient (Wildman–Crippen LogP) is 1.59. The number of ether oxygens (including phenoxy) is 1. The van der Waals surface area contributed by atoms with Crippen molar-refractivity contribution in [3.05, 3.63) is 12.7 Å². The van der Waals surface area contributed by atoms with Crippen molar-refractivity contribution in [3.8, 4) is 0 Å². The first-order chi connectivity index (χ1) is 7.57. The lowest BCUT2D eigenvalue weighted by Gasteiger charge is -2.34. The molecule has 0 bridgehead atoms. The molecular weight excluding hydrogens is 208 g/mol. The van der Waals surface area contributed by atoms with Crippen LogP contribution in [0.1, 0.15) is 32.1 Å². The van der Waals surface area contributed by atoms with Crippen LogP contribution in [0.2, 0.25) is 0 Å². The van der Waals surface area contributed by atoms with Gasteiger partial charge in [-0.2, -0.15) is 0 Å². The zero-order chi connectivity index (χ0) is 12.0. The van der Waals surface area contributed by atoms with Crippen LogP contribution in [0.3, 0.4) is 0 Å². The van der Waals surface area contributed by atoms with Crippen molar-refractivity contribution in [2.45, 2.75) is 37.7 Å². The summed E-state index contributed by atoms with van der Waals surface area (Å²) in [6.07, 6.45) is 4.64. The highest BCUT2D eigenvalue weighted by Gasteiger charge is 2.35. The molecule has 16 heavy (non-hydrogen) atoms. The van der Waals surface area contributed by atoms with Gasteiger partial charge in [0.15, 0.2) is 0 Å². The molecule has 0 heterocycles. The normalized spacial score (nSPS) is 29.9. The highest BCUT2D eigenvalue weighted by molar-refractivity contribution is 5.70. The number of carbonyl (C=O) groups is 1. The van der Waals surface area contributed by atoms with Crippen LogP contribution < -0.4 is 0 Å². The first-order valence-corrected chi connectivity index (χ1v) is 5.71. The monoisotopic (exact) mass is 228 g/mol. The van der Waals surface area contributed by atoms with E-state index >= 15 is 0 Å². The van der Waals surface area contributed by atoms with Crippen molar-refractivity contribution in [2.24, 2.45) is 5.92 Å². The second-order valence-electron chi connectivity index (χ2n) is 4.47. The molecular formula is C12H20O4. The van der Waals surface area contributed by atoms with Crippen molar-refractivity contribution < 1.29 is 19.7 Å². The third kappa shape index (κ3) is 3.94. The highest BCUT2D eigenvalue weighted by atomic mass is 16.5. The van der Waals surface area contributed by atoms with Crippen LogP contribution in [0.5, 0.6) is 0 Å². The smallest absolute Gasteiger partial charge is 0.306 e. The third-order valence-corrected chi connectivity index (χ3v) is 3.10. The van der Waals surface area contributed by atoms with Gasteiger partial charge in [0.2, 0.25) is 0 Å². The van der Waals surface area contributed by atoms with E-state index in [0.717, 1.165) is 6.42 Å². The average Bonchev–Trinajstić information content (AvgIpc) is 2.25. The van der Waals surface area contributed by atoms with Gasteiger partial charge in [-0.15, -0.1) is 6.58 Å². The minimum absolute atomic E-state index is 0.298. The van der Waals surface area contributed by atoms with E-state index in [1.54, 1.807) is 6.08 Å². The maximum Gasteiger partial charge on any atom is 0.306 e. The largest absolute Gasteiger partial charge is 0.481 e. The van der Waals surface area contributed by atoms with Crippen molar-refractivity contribution in [3.63, 3.8) is 0 Å². The van der Waals surface area contributed by atoms with Gasteiger partial charge in [0.05, 0.1) is 24.7 Å². The van der Waals surface area contributed by atoms with Crippen LogP contribution in [0.4, 0.5) is 0 Å². The molecule has 1 saturated carbocycles. The Morgan fingerprint density at radius 1 is 1.50 bits per heavy atom. The summed E-state index contributed by atoms with van der Waals surface area (Å²) >= 11 is 0. The Labute approximate surface area is 95.9 Å². The van der Waals surface area contributed by atoms with Gasteiger partial charge in [-0.25, -0.2) is 0 Å². The van der Waals surface area contributed by atoms with Crippen LogP contribution in [0.25, 0.3) is 0 Å². The topological polar surface area (TPSA) is 66.8 Å². The summed E-state index contributed by atoms with van der Waals surface area (Å²) in [6, 6.07) is 0. The molecule has 0 aromatic rings. The molecule has 0 atom stereocenters. The number of hydrogen-bond acceptors (Lipinski definition) is 3. The van der Waals surface area contributed by atoms with Gasteiger partial charge in [-0.3, -0.25) is 4.79 Å². The maximum absolute atomic E-state index is 10.7. The number of aliphatic hydroxyl groups is 1. The summed E-state index contributed by atoms with van der Waals surface area (Å²) in [5, 5.41) is 19.0. The quantitative estimate of drug-likeness (QED) is 0.535. The van der Waals surface area contributed by atoms with E-state index < -0.39 is 11.6 Å². The van der Waals surface area contributed by atoms with Gasteiger partial charge in [-0.1, -0.05) is 6.08 Å². The van der Waals surface area contributed by atoms with Crippen LogP contribution >= 0.6 is 0 Å². The minimum atomic E-state index is -0.826. The third-order valence-electron chi connectivity index (χ3n) is 3.10. The van der Waals surface area contributed by atoms with Crippen LogP contribution in [0.15, 0.2) is 12.7 Å². The van der Waals surface area contributed by atoms with E-state index in [2.05, 4.69) is 6.58 Å². The fraction of sp³-hybridized carbons (Fsp3) is 0.750. The van der Waals surface area contributed by atoms with Gasteiger partial charge in [0.1, 0.15) is 0 Å². The Hall–Kier alpha value is -0.870. The SMILES string of the molecule is C=CCCOCC1(O)CCC(C(=O)O)CC1. The first kappa shape index (κ1) is 13.2. The molecule has 1 fully saturated rings. The summed E-state index contributed by atoms with van der Waals surface area (Å²) in [5.74, 6) is -1.05. The molecule has 92 valence electrons. The molecule has 0 aromatic heterocycles. The maximum atomic E-state index is 10.7. The van der Waals surface area contributed by atoms with Crippen molar-refractivity contribution in [1.29, 1.82) is 0 Å². The van der Waals surface area contributed by atoms with E-state index in [-0.39, 0.29) is 5.92 Å². The van der Waals surface area contributed by atoms with Gasteiger partial charge in [-0.05, 0) is 32.1 Å². The lowest BCUT2D eigenvalue weighted by atomic mass is 9.79. The fourth-order valence-corrected chi connectivity index (χ4v) is 1.98. The number of carboxylic acid groups (broad SMARTS) is 1. The molecule has 0 saturated heterocycles. The summed E-state index contributed by atoms with van der Waals surface area (Å²) < 4.78 is 5.34. The summed E-state index contributed by atoms with van der Waals surface area (Å²) in [6.45, 7) is 4.45. The molecule has 1 aliphatic carbocycles. The number of hydrogen-bond donors (Lipinski definition) is 2. The Bertz CT molecular complexity index is 241. The average molecular weight is 228 g/mol. The summed E-state index contributed by atoms with van der Waals surface area (Å²) in [4.78, 5) is 10.7. The lowest BCUT2D eigenvalue weighted by Crippen LogP contribution is -2.40. The zero-order valence-corrected chi connectivity index (χ0v) is 9.52. The Balaban J connectivity index is 2.26. The van der Waals surface area contributed by atoms with E-state index in [9.17, 15) is 9.90 Å². The first-order valence-electron chi connectivity index (χ1n) is 5.71. The van der Waals surface area contributed by atoms with E-state index in [0.29, 0.717) is 38.9 Å². The van der Waals surface area contributed by atoms with Crippen LogP contribution in [0, 0.1) is 5.92 Å². The van der Waals surface area contributed by atoms with Crippen LogP contribution in [-0.2, 0) is 9.53 Å². The van der Waals surface area contributed by atoms with Crippen LogP contribution in [-0.4, -0.2) is 35.0 Å². The second kappa shape index (κ2) is 6.01. The number of rotatable bonds is 6. The molecule has 4 nitrogen and oxygen atoms in total. The van der Waals surface area contributed by atoms with E-state index in [4.69, 9.17) is 9.84 Å². The number of carboxylic acids is 1. The van der Waals surface area contributed by atoms with Gasteiger partial charge in [0, 0.05) is 0 Å². The molecule has 0 radical (unpaired) electrons. The molecule has 0 unspecified atom stereocenters. The number of aliphatic carboxylic acids is 1. The summed E-state index contributed by atoms with van der Waals surface area (Å²) in [7, 11) is 0. The van der Waals surface area contributed by atoms with Gasteiger partial charge >= 0.3 is 5.97 Å². The molecule has 1 aliphatic rings. The Kier molecular flexibility index (Phi) is 4.96. The molecule has 4 heteroatoms. The minimum Gasteiger partial charge on any atom is -0.481 e. The lowest BCUT2D eigenvalue weighted by molar-refractivity contribution is -0.146. The standard InChI is InChI=1S/C12H20O4/c1-2-3-8-16-9-12(15)6-4-10(5-7-12)11(13)14/h2,10,15H,1,3-9H2,(H,13,14). The van der Waals surface area contributed by atoms with Gasteiger partial charge < -0.3 is 14.9 Å². The molecule has 2 N–H and O–H groups in total. The summed E-state index contributed by atoms with van der Waals surface area (Å²) in [5.41, 5.74) is -0.826. The Morgan fingerprint density at radius 3 is 2.62 bits per heavy atom. The predicted molar refractivity (Wildman–Crippen MR) is 60.2 cm³/mol. The van der Waals surface area contributed by atoms with Gasteiger partial charge in [0.25, 0.3) is 0 Å². The molecule has 0 spiro atoms. The molecule has 0 aliphatic heterocycles. The molecule has 0 amide bonds. The van der Waals surface area contributed by atoms with Crippen molar-refractivity contribution in [1.82, 2.24) is 0 Å². The van der Waals surface area contributed by atoms with Crippen molar-refractivity contribution in [2.75, 3.05) is 13.2 Å². The molecule has 0 aromatic carbocycles. The fourth-order valence-electron chi connectivity index (χ4n) is 1.98. The zero-order valence-electron chi connectivity index (χ0n) is 9.52. The highest BCUT2D eigenvalue weighted by Crippen LogP contribution is 2.32. The Morgan fingerprint density at radius 2 is 2.12 bits per heavy atom. The van der Waals surface area contributed by atoms with E-state index in [1.165, 1.54) is 0 Å². The van der Waals surface area contributed by atoms with Crippen molar-refractivity contribution >= 4 is 5.97 Å². The second-order valence-corrected chi connectivity index (χ2v) is 4.47.